The van der Waals surface area contributed by atoms with Crippen molar-refractivity contribution >= 4 is 21.8 Å². The van der Waals surface area contributed by atoms with Crippen LogP contribution in [0.3, 0.4) is 0 Å². The summed E-state index contributed by atoms with van der Waals surface area (Å²) in [6.45, 7) is 5.24. The van der Waals surface area contributed by atoms with Crippen LogP contribution in [0.1, 0.15) is 30.7 Å². The van der Waals surface area contributed by atoms with E-state index in [1.807, 2.05) is 6.26 Å². The molecule has 1 aromatic rings. The van der Waals surface area contributed by atoms with E-state index in [9.17, 15) is 8.42 Å². The molecule has 0 atom stereocenters. The number of aryl methyl sites for hydroxylation is 2. The summed E-state index contributed by atoms with van der Waals surface area (Å²) in [6.07, 6.45) is 4.96. The molecule has 0 spiro atoms. The third-order valence-corrected chi connectivity index (χ3v) is 7.05. The number of hydrogen-bond donors (Lipinski definition) is 2. The molecule has 0 bridgehead atoms. The van der Waals surface area contributed by atoms with E-state index in [-0.39, 0.29) is 4.75 Å². The Morgan fingerprint density at radius 3 is 2.62 bits per heavy atom. The first kappa shape index (κ1) is 16.8. The van der Waals surface area contributed by atoms with Crippen LogP contribution < -0.4 is 10.5 Å². The minimum Gasteiger partial charge on any atom is -0.330 e. The number of aromatic nitrogens is 2. The summed E-state index contributed by atoms with van der Waals surface area (Å²) in [6, 6.07) is 0. The lowest BCUT2D eigenvalue weighted by Crippen LogP contribution is -2.32. The van der Waals surface area contributed by atoms with Gasteiger partial charge in [0, 0.05) is 17.8 Å². The number of thioether (sulfide) groups is 1. The second-order valence-electron chi connectivity index (χ2n) is 5.58. The molecule has 0 saturated heterocycles. The van der Waals surface area contributed by atoms with Gasteiger partial charge in [0.15, 0.2) is 0 Å². The van der Waals surface area contributed by atoms with Crippen LogP contribution in [0.15, 0.2) is 4.90 Å². The lowest BCUT2D eigenvalue weighted by molar-refractivity contribution is 0.562. The predicted octanol–water partition coefficient (Wildman–Crippen LogP) is 1.02. The fourth-order valence-corrected chi connectivity index (χ4v) is 4.77. The van der Waals surface area contributed by atoms with Gasteiger partial charge < -0.3 is 5.73 Å². The molecule has 1 heterocycles. The molecule has 8 heteroatoms. The van der Waals surface area contributed by atoms with Crippen molar-refractivity contribution in [3.63, 3.8) is 0 Å². The Morgan fingerprint density at radius 1 is 1.43 bits per heavy atom. The topological polar surface area (TPSA) is 90.0 Å². The van der Waals surface area contributed by atoms with Crippen molar-refractivity contribution in [2.75, 3.05) is 19.3 Å². The zero-order valence-corrected chi connectivity index (χ0v) is 14.5. The molecule has 0 aromatic carbocycles. The summed E-state index contributed by atoms with van der Waals surface area (Å²) in [5.74, 6) is 0. The number of nitrogens with one attached hydrogen (secondary N) is 1. The molecule has 0 amide bonds. The molecule has 21 heavy (non-hydrogen) atoms. The fourth-order valence-electron chi connectivity index (χ4n) is 2.42. The Balaban J connectivity index is 2.17. The maximum absolute atomic E-state index is 12.6. The molecular formula is C13H24N4O2S2. The van der Waals surface area contributed by atoms with Crippen molar-refractivity contribution in [3.05, 3.63) is 11.4 Å². The highest BCUT2D eigenvalue weighted by Crippen LogP contribution is 2.46. The highest BCUT2D eigenvalue weighted by Gasteiger charge is 2.43. The molecular weight excluding hydrogens is 308 g/mol. The first-order chi connectivity index (χ1) is 9.85. The number of sulfonamides is 1. The zero-order chi connectivity index (χ0) is 15.7. The summed E-state index contributed by atoms with van der Waals surface area (Å²) < 4.78 is 29.7. The van der Waals surface area contributed by atoms with Crippen molar-refractivity contribution in [2.45, 2.75) is 49.3 Å². The van der Waals surface area contributed by atoms with Gasteiger partial charge in [0.05, 0.1) is 11.4 Å². The van der Waals surface area contributed by atoms with E-state index >= 15 is 0 Å². The first-order valence-corrected chi connectivity index (χ1v) is 9.85. The number of nitrogens with two attached hydrogens (primary N) is 1. The summed E-state index contributed by atoms with van der Waals surface area (Å²) in [7, 11) is -3.51. The van der Waals surface area contributed by atoms with E-state index in [1.54, 1.807) is 30.3 Å². The molecule has 0 radical (unpaired) electrons. The number of hydrogen-bond acceptors (Lipinski definition) is 5. The van der Waals surface area contributed by atoms with Crippen LogP contribution in [0.5, 0.6) is 0 Å². The van der Waals surface area contributed by atoms with Crippen molar-refractivity contribution < 1.29 is 8.42 Å². The highest BCUT2D eigenvalue weighted by molar-refractivity contribution is 8.00. The minimum atomic E-state index is -3.51. The van der Waals surface area contributed by atoms with Crippen LogP contribution in [0, 0.1) is 13.8 Å². The van der Waals surface area contributed by atoms with Crippen LogP contribution in [0.25, 0.3) is 0 Å². The maximum atomic E-state index is 12.6. The average Bonchev–Trinajstić information content (AvgIpc) is 3.16. The Bertz CT molecular complexity index is 606. The van der Waals surface area contributed by atoms with Crippen LogP contribution in [0.4, 0.5) is 0 Å². The van der Waals surface area contributed by atoms with Gasteiger partial charge >= 0.3 is 0 Å². The lowest BCUT2D eigenvalue weighted by atomic mass is 10.4. The van der Waals surface area contributed by atoms with E-state index in [0.29, 0.717) is 35.9 Å². The molecule has 0 unspecified atom stereocenters. The SMILES string of the molecule is CSC1(CNS(=O)(=O)c2c(C)nn(CCCN)c2C)CC1. The Hall–Kier alpha value is -0.570. The van der Waals surface area contributed by atoms with Gasteiger partial charge in [-0.15, -0.1) is 0 Å². The molecule has 3 N–H and O–H groups in total. The second kappa shape index (κ2) is 6.28. The molecule has 6 nitrogen and oxygen atoms in total. The number of rotatable bonds is 8. The Kier molecular flexibility index (Phi) is 5.02. The van der Waals surface area contributed by atoms with E-state index < -0.39 is 10.0 Å². The van der Waals surface area contributed by atoms with Crippen molar-refractivity contribution in [3.8, 4) is 0 Å². The molecule has 1 aliphatic rings. The minimum absolute atomic E-state index is 0.102. The van der Waals surface area contributed by atoms with E-state index in [1.165, 1.54) is 0 Å². The summed E-state index contributed by atoms with van der Waals surface area (Å²) in [4.78, 5) is 0.316. The largest absolute Gasteiger partial charge is 0.330 e. The van der Waals surface area contributed by atoms with Gasteiger partial charge in [-0.3, -0.25) is 4.68 Å². The standard InChI is InChI=1S/C13H24N4O2S2/c1-10-12(11(2)17(16-10)8-4-7-14)21(18,19)15-9-13(20-3)5-6-13/h15H,4-9,14H2,1-3H3. The van der Waals surface area contributed by atoms with E-state index in [2.05, 4.69) is 9.82 Å². The van der Waals surface area contributed by atoms with Gasteiger partial charge in [-0.05, 0) is 45.9 Å². The molecule has 120 valence electrons. The fraction of sp³-hybridized carbons (Fsp3) is 0.769. The third-order valence-electron chi connectivity index (χ3n) is 3.98. The number of nitrogens with zero attached hydrogens (tertiary/aromatic N) is 2. The molecule has 2 rings (SSSR count). The molecule has 1 fully saturated rings. The maximum Gasteiger partial charge on any atom is 0.244 e. The van der Waals surface area contributed by atoms with Gasteiger partial charge in [0.2, 0.25) is 10.0 Å². The lowest BCUT2D eigenvalue weighted by Gasteiger charge is -2.13. The van der Waals surface area contributed by atoms with E-state index in [4.69, 9.17) is 5.73 Å². The normalized spacial score (nSPS) is 17.1. The van der Waals surface area contributed by atoms with Crippen molar-refractivity contribution in [2.24, 2.45) is 5.73 Å². The first-order valence-electron chi connectivity index (χ1n) is 7.14. The average molecular weight is 332 g/mol. The molecule has 1 aromatic heterocycles. The van der Waals surface area contributed by atoms with E-state index in [0.717, 1.165) is 19.3 Å². The van der Waals surface area contributed by atoms with Crippen LogP contribution in [-0.4, -0.2) is 42.3 Å². The van der Waals surface area contributed by atoms with Gasteiger partial charge in [-0.2, -0.15) is 16.9 Å². The predicted molar refractivity (Wildman–Crippen MR) is 86.0 cm³/mol. The van der Waals surface area contributed by atoms with Crippen LogP contribution >= 0.6 is 11.8 Å². The van der Waals surface area contributed by atoms with Gasteiger partial charge in [0.1, 0.15) is 4.90 Å². The van der Waals surface area contributed by atoms with Crippen molar-refractivity contribution in [1.82, 2.24) is 14.5 Å². The summed E-state index contributed by atoms with van der Waals surface area (Å²) >= 11 is 1.74. The highest BCUT2D eigenvalue weighted by atomic mass is 32.2. The van der Waals surface area contributed by atoms with Crippen LogP contribution in [0.2, 0.25) is 0 Å². The van der Waals surface area contributed by atoms with Gasteiger partial charge in [0.25, 0.3) is 0 Å². The van der Waals surface area contributed by atoms with Crippen molar-refractivity contribution in [1.29, 1.82) is 0 Å². The molecule has 1 saturated carbocycles. The van der Waals surface area contributed by atoms with Gasteiger partial charge in [-0.1, -0.05) is 0 Å². The Labute approximate surface area is 130 Å². The zero-order valence-electron chi connectivity index (χ0n) is 12.8. The van der Waals surface area contributed by atoms with Crippen LogP contribution in [-0.2, 0) is 16.6 Å². The third kappa shape index (κ3) is 3.61. The molecule has 1 aliphatic carbocycles. The quantitative estimate of drug-likeness (QED) is 0.742. The summed E-state index contributed by atoms with van der Waals surface area (Å²) in [5.41, 5.74) is 6.73. The summed E-state index contributed by atoms with van der Waals surface area (Å²) in [5, 5.41) is 4.33. The monoisotopic (exact) mass is 332 g/mol. The second-order valence-corrected chi connectivity index (χ2v) is 8.56. The Morgan fingerprint density at radius 2 is 2.10 bits per heavy atom. The smallest absolute Gasteiger partial charge is 0.244 e. The molecule has 0 aliphatic heterocycles. The van der Waals surface area contributed by atoms with Gasteiger partial charge in [-0.25, -0.2) is 13.1 Å².